The predicted molar refractivity (Wildman–Crippen MR) is 83.8 cm³/mol. The van der Waals surface area contributed by atoms with Crippen LogP contribution in [0.3, 0.4) is 0 Å². The monoisotopic (exact) mass is 319 g/mol. The van der Waals surface area contributed by atoms with Crippen LogP contribution in [0.25, 0.3) is 17.1 Å². The molecule has 0 aliphatic rings. The third kappa shape index (κ3) is 2.34. The first-order valence-electron chi connectivity index (χ1n) is 6.18. The van der Waals surface area contributed by atoms with Gasteiger partial charge in [0, 0.05) is 11.3 Å². The van der Waals surface area contributed by atoms with Gasteiger partial charge in [-0.2, -0.15) is 4.68 Å². The number of halogens is 2. The number of tetrazole rings is 1. The van der Waals surface area contributed by atoms with Gasteiger partial charge in [0.2, 0.25) is 0 Å². The number of aromatic nitrogens is 4. The molecule has 0 saturated heterocycles. The molecule has 0 aliphatic heterocycles. The molecule has 106 valence electrons. The zero-order valence-corrected chi connectivity index (χ0v) is 12.6. The van der Waals surface area contributed by atoms with Crippen LogP contribution in [0.2, 0.25) is 10.0 Å². The maximum Gasteiger partial charge on any atom is 0.187 e. The third-order valence-corrected chi connectivity index (χ3v) is 4.05. The minimum atomic E-state index is 0.397. The lowest BCUT2D eigenvalue weighted by Crippen LogP contribution is -2.02. The minimum Gasteiger partial charge on any atom is -0.398 e. The Balaban J connectivity index is 2.22. The molecule has 3 rings (SSSR count). The molecular formula is C14H11Cl2N5. The van der Waals surface area contributed by atoms with Crippen LogP contribution in [0.4, 0.5) is 5.69 Å². The van der Waals surface area contributed by atoms with Crippen molar-refractivity contribution in [1.29, 1.82) is 0 Å². The van der Waals surface area contributed by atoms with Crippen molar-refractivity contribution in [2.24, 2.45) is 0 Å². The summed E-state index contributed by atoms with van der Waals surface area (Å²) in [7, 11) is 0. The molecule has 0 fully saturated rings. The Labute approximate surface area is 131 Å². The summed E-state index contributed by atoms with van der Waals surface area (Å²) < 4.78 is 1.55. The first-order valence-corrected chi connectivity index (χ1v) is 6.93. The largest absolute Gasteiger partial charge is 0.398 e. The fourth-order valence-corrected chi connectivity index (χ4v) is 2.44. The van der Waals surface area contributed by atoms with Crippen LogP contribution >= 0.6 is 23.2 Å². The Morgan fingerprint density at radius 3 is 2.67 bits per heavy atom. The summed E-state index contributed by atoms with van der Waals surface area (Å²) in [4.78, 5) is 0. The van der Waals surface area contributed by atoms with E-state index >= 15 is 0 Å². The highest BCUT2D eigenvalue weighted by atomic mass is 35.5. The SMILES string of the molecule is Cc1c(N)cccc1-c1nnnn1-c1cccc(Cl)c1Cl. The Bertz CT molecular complexity index is 747. The molecule has 1 heterocycles. The molecule has 7 heteroatoms. The molecule has 0 radical (unpaired) electrons. The third-order valence-electron chi connectivity index (χ3n) is 3.25. The Morgan fingerprint density at radius 1 is 1.10 bits per heavy atom. The van der Waals surface area contributed by atoms with Crippen molar-refractivity contribution in [2.75, 3.05) is 5.73 Å². The maximum absolute atomic E-state index is 6.24. The summed E-state index contributed by atoms with van der Waals surface area (Å²) in [5, 5.41) is 12.7. The molecule has 0 spiro atoms. The molecule has 3 aromatic rings. The Hall–Kier alpha value is -2.11. The molecule has 0 atom stereocenters. The van der Waals surface area contributed by atoms with E-state index in [-0.39, 0.29) is 0 Å². The molecule has 0 unspecified atom stereocenters. The zero-order valence-electron chi connectivity index (χ0n) is 11.1. The topological polar surface area (TPSA) is 69.6 Å². The number of hydrogen-bond donors (Lipinski definition) is 1. The Kier molecular flexibility index (Phi) is 3.53. The highest BCUT2D eigenvalue weighted by Crippen LogP contribution is 2.31. The van der Waals surface area contributed by atoms with Gasteiger partial charge >= 0.3 is 0 Å². The standard InChI is InChI=1S/C14H11Cl2N5/c1-8-9(4-2-6-11(8)17)14-18-19-20-21(14)12-7-3-5-10(15)13(12)16/h2-7H,17H2,1H3. The quantitative estimate of drug-likeness (QED) is 0.733. The van der Waals surface area contributed by atoms with Gasteiger partial charge in [-0.25, -0.2) is 0 Å². The number of rotatable bonds is 2. The highest BCUT2D eigenvalue weighted by molar-refractivity contribution is 6.43. The van der Waals surface area contributed by atoms with Gasteiger partial charge in [0.25, 0.3) is 0 Å². The maximum atomic E-state index is 6.24. The van der Waals surface area contributed by atoms with E-state index in [1.54, 1.807) is 22.9 Å². The van der Waals surface area contributed by atoms with Crippen LogP contribution in [-0.2, 0) is 0 Å². The number of hydrogen-bond acceptors (Lipinski definition) is 4. The molecule has 21 heavy (non-hydrogen) atoms. The number of nitrogen functional groups attached to an aromatic ring is 1. The zero-order chi connectivity index (χ0) is 15.0. The van der Waals surface area contributed by atoms with Gasteiger partial charge in [0.05, 0.1) is 15.7 Å². The van der Waals surface area contributed by atoms with Crippen molar-refractivity contribution < 1.29 is 0 Å². The summed E-state index contributed by atoms with van der Waals surface area (Å²) in [5.41, 5.74) is 8.99. The molecule has 0 bridgehead atoms. The predicted octanol–water partition coefficient (Wildman–Crippen LogP) is 3.53. The number of anilines is 1. The smallest absolute Gasteiger partial charge is 0.187 e. The summed E-state index contributed by atoms with van der Waals surface area (Å²) in [6.07, 6.45) is 0. The van der Waals surface area contributed by atoms with E-state index in [0.717, 1.165) is 11.1 Å². The Morgan fingerprint density at radius 2 is 1.86 bits per heavy atom. The van der Waals surface area contributed by atoms with E-state index in [9.17, 15) is 0 Å². The minimum absolute atomic E-state index is 0.397. The lowest BCUT2D eigenvalue weighted by molar-refractivity contribution is 0.791. The van der Waals surface area contributed by atoms with E-state index in [0.29, 0.717) is 27.2 Å². The van der Waals surface area contributed by atoms with Crippen LogP contribution in [0.15, 0.2) is 36.4 Å². The van der Waals surface area contributed by atoms with Crippen molar-refractivity contribution in [3.05, 3.63) is 52.0 Å². The van der Waals surface area contributed by atoms with E-state index in [2.05, 4.69) is 15.5 Å². The van der Waals surface area contributed by atoms with Crippen LogP contribution in [0.1, 0.15) is 5.56 Å². The van der Waals surface area contributed by atoms with Crippen molar-refractivity contribution in [3.8, 4) is 17.1 Å². The van der Waals surface area contributed by atoms with Gasteiger partial charge in [-0.05, 0) is 41.1 Å². The van der Waals surface area contributed by atoms with E-state index in [1.165, 1.54) is 0 Å². The van der Waals surface area contributed by atoms with Crippen LogP contribution < -0.4 is 5.73 Å². The normalized spacial score (nSPS) is 10.8. The van der Waals surface area contributed by atoms with E-state index < -0.39 is 0 Å². The second-order valence-corrected chi connectivity index (χ2v) is 5.29. The molecule has 0 amide bonds. The summed E-state index contributed by atoms with van der Waals surface area (Å²) >= 11 is 12.3. The molecule has 2 N–H and O–H groups in total. The average Bonchev–Trinajstić information content (AvgIpc) is 2.94. The second-order valence-electron chi connectivity index (χ2n) is 4.51. The van der Waals surface area contributed by atoms with Gasteiger partial charge in [-0.15, -0.1) is 5.10 Å². The molecular weight excluding hydrogens is 309 g/mol. The van der Waals surface area contributed by atoms with Crippen LogP contribution in [0.5, 0.6) is 0 Å². The summed E-state index contributed by atoms with van der Waals surface area (Å²) in [5.74, 6) is 0.559. The van der Waals surface area contributed by atoms with Crippen molar-refractivity contribution in [1.82, 2.24) is 20.2 Å². The van der Waals surface area contributed by atoms with Gasteiger partial charge in [0.15, 0.2) is 5.82 Å². The van der Waals surface area contributed by atoms with Gasteiger partial charge in [-0.1, -0.05) is 41.4 Å². The lowest BCUT2D eigenvalue weighted by Gasteiger charge is -2.10. The second kappa shape index (κ2) is 5.35. The number of nitrogens with zero attached hydrogens (tertiary/aromatic N) is 4. The number of benzene rings is 2. The summed E-state index contributed by atoms with van der Waals surface area (Å²) in [6, 6.07) is 10.9. The summed E-state index contributed by atoms with van der Waals surface area (Å²) in [6.45, 7) is 1.92. The number of nitrogens with two attached hydrogens (primary N) is 1. The highest BCUT2D eigenvalue weighted by Gasteiger charge is 2.16. The van der Waals surface area contributed by atoms with E-state index in [1.807, 2.05) is 25.1 Å². The molecule has 0 aliphatic carbocycles. The van der Waals surface area contributed by atoms with Crippen molar-refractivity contribution in [2.45, 2.75) is 6.92 Å². The van der Waals surface area contributed by atoms with Crippen LogP contribution in [-0.4, -0.2) is 20.2 Å². The van der Waals surface area contributed by atoms with Gasteiger partial charge in [0.1, 0.15) is 0 Å². The lowest BCUT2D eigenvalue weighted by atomic mass is 10.1. The molecule has 2 aromatic carbocycles. The van der Waals surface area contributed by atoms with Gasteiger partial charge in [-0.3, -0.25) is 0 Å². The van der Waals surface area contributed by atoms with Gasteiger partial charge < -0.3 is 5.73 Å². The first kappa shape index (κ1) is 13.9. The van der Waals surface area contributed by atoms with Crippen molar-refractivity contribution in [3.63, 3.8) is 0 Å². The molecule has 0 saturated carbocycles. The van der Waals surface area contributed by atoms with E-state index in [4.69, 9.17) is 28.9 Å². The fourth-order valence-electron chi connectivity index (χ4n) is 2.07. The van der Waals surface area contributed by atoms with Crippen molar-refractivity contribution >= 4 is 28.9 Å². The molecule has 5 nitrogen and oxygen atoms in total. The van der Waals surface area contributed by atoms with Crippen LogP contribution in [0, 0.1) is 6.92 Å². The first-order chi connectivity index (χ1) is 10.1. The average molecular weight is 320 g/mol. The molecule has 1 aromatic heterocycles. The fraction of sp³-hybridized carbons (Fsp3) is 0.0714.